The van der Waals surface area contributed by atoms with E-state index in [1.807, 2.05) is 39.0 Å². The summed E-state index contributed by atoms with van der Waals surface area (Å²) >= 11 is 0. The minimum Gasteiger partial charge on any atom is -0.481 e. The van der Waals surface area contributed by atoms with Gasteiger partial charge in [-0.1, -0.05) is 18.2 Å². The Morgan fingerprint density at radius 1 is 1.23 bits per heavy atom. The fourth-order valence-electron chi connectivity index (χ4n) is 2.08. The Balaban J connectivity index is 3.00. The number of benzene rings is 1. The number of hydrogen-bond donors (Lipinski definition) is 1. The van der Waals surface area contributed by atoms with Crippen LogP contribution in [0.3, 0.4) is 0 Å². The second-order valence-electron chi connectivity index (χ2n) is 4.81. The second-order valence-corrected chi connectivity index (χ2v) is 6.26. The van der Waals surface area contributed by atoms with Gasteiger partial charge in [-0.15, -0.1) is 0 Å². The Labute approximate surface area is 132 Å². The van der Waals surface area contributed by atoms with E-state index in [9.17, 15) is 13.8 Å². The van der Waals surface area contributed by atoms with Crippen LogP contribution in [0.5, 0.6) is 0 Å². The standard InChI is InChI=1S/C15H21NO5S/c1-4-21-10-16(13(17)8-22(20)9-14(18)19)15-11(2)6-5-7-12(15)3/h5-7H,4,8-10H2,1-3H3,(H,18,19). The summed E-state index contributed by atoms with van der Waals surface area (Å²) in [6, 6.07) is 5.64. The quantitative estimate of drug-likeness (QED) is 0.731. The van der Waals surface area contributed by atoms with Crippen LogP contribution in [-0.2, 0) is 25.1 Å². The van der Waals surface area contributed by atoms with Gasteiger partial charge in [0.25, 0.3) is 0 Å². The zero-order chi connectivity index (χ0) is 16.7. The molecule has 7 heteroatoms. The highest BCUT2D eigenvalue weighted by molar-refractivity contribution is 7.86. The van der Waals surface area contributed by atoms with Gasteiger partial charge in [-0.2, -0.15) is 0 Å². The average molecular weight is 327 g/mol. The maximum absolute atomic E-state index is 12.4. The molecule has 1 rings (SSSR count). The normalized spacial score (nSPS) is 12.0. The molecule has 1 amide bonds. The van der Waals surface area contributed by atoms with Crippen LogP contribution in [0.2, 0.25) is 0 Å². The molecule has 0 aliphatic rings. The maximum atomic E-state index is 12.4. The first kappa shape index (κ1) is 18.3. The molecule has 0 aliphatic heterocycles. The molecule has 0 fully saturated rings. The molecule has 0 radical (unpaired) electrons. The van der Waals surface area contributed by atoms with Crippen LogP contribution < -0.4 is 4.90 Å². The molecule has 0 aromatic heterocycles. The molecule has 0 bridgehead atoms. The van der Waals surface area contributed by atoms with Gasteiger partial charge in [-0.25, -0.2) is 0 Å². The van der Waals surface area contributed by atoms with Crippen LogP contribution in [0.25, 0.3) is 0 Å². The van der Waals surface area contributed by atoms with Gasteiger partial charge >= 0.3 is 5.97 Å². The monoisotopic (exact) mass is 327 g/mol. The van der Waals surface area contributed by atoms with Crippen molar-refractivity contribution in [1.29, 1.82) is 0 Å². The highest BCUT2D eigenvalue weighted by atomic mass is 32.2. The average Bonchev–Trinajstić information content (AvgIpc) is 2.40. The third-order valence-corrected chi connectivity index (χ3v) is 4.14. The van der Waals surface area contributed by atoms with E-state index in [1.54, 1.807) is 0 Å². The number of carbonyl (C=O) groups is 2. The van der Waals surface area contributed by atoms with Crippen molar-refractivity contribution in [2.75, 3.05) is 29.7 Å². The lowest BCUT2D eigenvalue weighted by molar-refractivity contribution is -0.133. The van der Waals surface area contributed by atoms with Crippen molar-refractivity contribution in [3.8, 4) is 0 Å². The molecule has 0 heterocycles. The molecule has 1 atom stereocenters. The molecule has 0 saturated heterocycles. The second kappa shape index (κ2) is 8.65. The summed E-state index contributed by atoms with van der Waals surface area (Å²) in [5, 5.41) is 8.64. The third kappa shape index (κ3) is 5.23. The van der Waals surface area contributed by atoms with Crippen LogP contribution in [-0.4, -0.2) is 46.0 Å². The van der Waals surface area contributed by atoms with Crippen molar-refractivity contribution < 1.29 is 23.6 Å². The van der Waals surface area contributed by atoms with Gasteiger partial charge in [0.05, 0.1) is 5.69 Å². The lowest BCUT2D eigenvalue weighted by Gasteiger charge is -2.25. The van der Waals surface area contributed by atoms with Gasteiger partial charge in [0, 0.05) is 17.4 Å². The van der Waals surface area contributed by atoms with E-state index in [2.05, 4.69) is 0 Å². The van der Waals surface area contributed by atoms with Crippen molar-refractivity contribution in [1.82, 2.24) is 0 Å². The SMILES string of the molecule is CCOCN(C(=O)CS(=O)CC(=O)O)c1c(C)cccc1C. The first-order chi connectivity index (χ1) is 10.4. The van der Waals surface area contributed by atoms with E-state index in [0.717, 1.165) is 11.1 Å². The lowest BCUT2D eigenvalue weighted by atomic mass is 10.1. The van der Waals surface area contributed by atoms with Crippen LogP contribution in [0.4, 0.5) is 5.69 Å². The molecule has 1 aromatic carbocycles. The van der Waals surface area contributed by atoms with E-state index in [1.165, 1.54) is 4.90 Å². The first-order valence-electron chi connectivity index (χ1n) is 6.87. The number of ether oxygens (including phenoxy) is 1. The van der Waals surface area contributed by atoms with E-state index < -0.39 is 28.4 Å². The van der Waals surface area contributed by atoms with E-state index >= 15 is 0 Å². The Morgan fingerprint density at radius 2 is 1.82 bits per heavy atom. The number of carboxylic acids is 1. The lowest BCUT2D eigenvalue weighted by Crippen LogP contribution is -2.38. The molecule has 6 nitrogen and oxygen atoms in total. The van der Waals surface area contributed by atoms with E-state index in [4.69, 9.17) is 9.84 Å². The predicted octanol–water partition coefficient (Wildman–Crippen LogP) is 1.46. The summed E-state index contributed by atoms with van der Waals surface area (Å²) < 4.78 is 17.0. The Morgan fingerprint density at radius 3 is 2.32 bits per heavy atom. The number of rotatable bonds is 8. The zero-order valence-corrected chi connectivity index (χ0v) is 13.8. The number of nitrogens with zero attached hydrogens (tertiary/aromatic N) is 1. The van der Waals surface area contributed by atoms with Crippen LogP contribution in [0.15, 0.2) is 18.2 Å². The number of aryl methyl sites for hydroxylation is 2. The largest absolute Gasteiger partial charge is 0.481 e. The molecule has 1 aromatic rings. The topological polar surface area (TPSA) is 83.9 Å². The number of carboxylic acid groups (broad SMARTS) is 1. The van der Waals surface area contributed by atoms with Crippen LogP contribution >= 0.6 is 0 Å². The first-order valence-corrected chi connectivity index (χ1v) is 8.36. The molecule has 122 valence electrons. The molecule has 0 spiro atoms. The van der Waals surface area contributed by atoms with Gasteiger partial charge in [0.1, 0.15) is 18.2 Å². The minimum absolute atomic E-state index is 0.0469. The van der Waals surface area contributed by atoms with Gasteiger partial charge in [-0.05, 0) is 31.9 Å². The summed E-state index contributed by atoms with van der Waals surface area (Å²) in [7, 11) is -1.74. The fraction of sp³-hybridized carbons (Fsp3) is 0.467. The van der Waals surface area contributed by atoms with Crippen LogP contribution in [0.1, 0.15) is 18.1 Å². The molecule has 1 N–H and O–H groups in total. The van der Waals surface area contributed by atoms with Crippen molar-refractivity contribution >= 4 is 28.4 Å². The number of amides is 1. The van der Waals surface area contributed by atoms with Crippen molar-refractivity contribution in [3.63, 3.8) is 0 Å². The number of para-hydroxylation sites is 1. The van der Waals surface area contributed by atoms with Gasteiger partial charge in [0.2, 0.25) is 5.91 Å². The molecule has 0 saturated carbocycles. The maximum Gasteiger partial charge on any atom is 0.316 e. The number of hydrogen-bond acceptors (Lipinski definition) is 4. The summed E-state index contributed by atoms with van der Waals surface area (Å²) in [6.45, 7) is 6.06. The number of anilines is 1. The summed E-state index contributed by atoms with van der Waals surface area (Å²) in [5.41, 5.74) is 2.52. The summed E-state index contributed by atoms with van der Waals surface area (Å²) in [4.78, 5) is 24.4. The van der Waals surface area contributed by atoms with E-state index in [-0.39, 0.29) is 12.5 Å². The fourth-order valence-corrected chi connectivity index (χ4v) is 2.89. The Kier molecular flexibility index (Phi) is 7.20. The molecule has 22 heavy (non-hydrogen) atoms. The van der Waals surface area contributed by atoms with Crippen molar-refractivity contribution in [2.24, 2.45) is 0 Å². The smallest absolute Gasteiger partial charge is 0.316 e. The van der Waals surface area contributed by atoms with Gasteiger partial charge in [0.15, 0.2) is 0 Å². The van der Waals surface area contributed by atoms with Crippen LogP contribution in [0, 0.1) is 13.8 Å². The Bertz CT molecular complexity index is 553. The van der Waals surface area contributed by atoms with Crippen molar-refractivity contribution in [3.05, 3.63) is 29.3 Å². The highest BCUT2D eigenvalue weighted by Gasteiger charge is 2.22. The molecular weight excluding hydrogens is 306 g/mol. The molecule has 1 unspecified atom stereocenters. The molecular formula is C15H21NO5S. The Hall–Kier alpha value is -1.73. The molecule has 0 aliphatic carbocycles. The zero-order valence-electron chi connectivity index (χ0n) is 13.0. The van der Waals surface area contributed by atoms with E-state index in [0.29, 0.717) is 12.3 Å². The van der Waals surface area contributed by atoms with Gasteiger partial charge in [-0.3, -0.25) is 18.7 Å². The third-order valence-electron chi connectivity index (χ3n) is 3.00. The minimum atomic E-state index is -1.74. The van der Waals surface area contributed by atoms with Gasteiger partial charge < -0.3 is 9.84 Å². The van der Waals surface area contributed by atoms with Crippen molar-refractivity contribution in [2.45, 2.75) is 20.8 Å². The number of aliphatic carboxylic acids is 1. The summed E-state index contributed by atoms with van der Waals surface area (Å²) in [6.07, 6.45) is 0. The number of carbonyl (C=O) groups excluding carboxylic acids is 1. The summed E-state index contributed by atoms with van der Waals surface area (Å²) in [5.74, 6) is -2.48. The predicted molar refractivity (Wildman–Crippen MR) is 85.4 cm³/mol. The highest BCUT2D eigenvalue weighted by Crippen LogP contribution is 2.24.